The van der Waals surface area contributed by atoms with E-state index in [0.29, 0.717) is 12.5 Å². The van der Waals surface area contributed by atoms with Crippen molar-refractivity contribution in [2.75, 3.05) is 6.61 Å². The fourth-order valence-electron chi connectivity index (χ4n) is 4.47. The smallest absolute Gasteiger partial charge is 0.119 e. The number of unbranched alkanes of at least 4 members (excludes halogenated alkanes) is 1. The average molecular weight is 385 g/mol. The normalized spacial score (nSPS) is 15.7. The Kier molecular flexibility index (Phi) is 6.34. The summed E-state index contributed by atoms with van der Waals surface area (Å²) in [5.74, 6) is 1.59. The first-order valence-electron chi connectivity index (χ1n) is 11.2. The molecule has 0 heterocycles. The molecule has 1 atom stereocenters. The molecule has 0 saturated carbocycles. The molecule has 1 heteroatoms. The zero-order valence-electron chi connectivity index (χ0n) is 17.8. The van der Waals surface area contributed by atoms with Crippen molar-refractivity contribution in [2.24, 2.45) is 0 Å². The molecule has 0 aliphatic heterocycles. The number of ether oxygens (including phenoxy) is 1. The summed E-state index contributed by atoms with van der Waals surface area (Å²) in [6, 6.07) is 24.9. The third kappa shape index (κ3) is 4.72. The molecule has 0 N–H and O–H groups in total. The van der Waals surface area contributed by atoms with E-state index in [1.165, 1.54) is 65.5 Å². The molecule has 3 aromatic carbocycles. The van der Waals surface area contributed by atoms with E-state index < -0.39 is 0 Å². The van der Waals surface area contributed by atoms with Crippen LogP contribution in [-0.4, -0.2) is 6.61 Å². The lowest BCUT2D eigenvalue weighted by molar-refractivity contribution is 0.340. The monoisotopic (exact) mass is 384 g/mol. The van der Waals surface area contributed by atoms with Crippen LogP contribution in [0.5, 0.6) is 5.75 Å². The maximum atomic E-state index is 5.57. The molecule has 0 fully saturated rings. The first kappa shape index (κ1) is 19.8. The zero-order chi connectivity index (χ0) is 20.1. The van der Waals surface area contributed by atoms with Crippen LogP contribution in [0.15, 0.2) is 66.7 Å². The predicted octanol–water partition coefficient (Wildman–Crippen LogP) is 7.37. The Labute approximate surface area is 175 Å². The first-order chi connectivity index (χ1) is 14.3. The van der Waals surface area contributed by atoms with E-state index in [4.69, 9.17) is 4.74 Å². The molecule has 1 aliphatic carbocycles. The lowest BCUT2D eigenvalue weighted by Crippen LogP contribution is -2.13. The Balaban J connectivity index is 1.46. The van der Waals surface area contributed by atoms with Crippen molar-refractivity contribution in [3.05, 3.63) is 89.0 Å². The third-order valence-corrected chi connectivity index (χ3v) is 6.20. The number of fused-ring (bicyclic) bond motifs is 1. The molecule has 0 bridgehead atoms. The van der Waals surface area contributed by atoms with Crippen LogP contribution in [0.4, 0.5) is 0 Å². The second-order valence-electron chi connectivity index (χ2n) is 8.23. The highest BCUT2D eigenvalue weighted by Crippen LogP contribution is 2.35. The van der Waals surface area contributed by atoms with Gasteiger partial charge in [0, 0.05) is 0 Å². The predicted molar refractivity (Wildman–Crippen MR) is 123 cm³/mol. The van der Waals surface area contributed by atoms with Crippen LogP contribution in [0.3, 0.4) is 0 Å². The van der Waals surface area contributed by atoms with Gasteiger partial charge in [-0.15, -0.1) is 0 Å². The fourth-order valence-corrected chi connectivity index (χ4v) is 4.47. The van der Waals surface area contributed by atoms with Gasteiger partial charge in [0.15, 0.2) is 0 Å². The molecule has 0 saturated heterocycles. The third-order valence-electron chi connectivity index (χ3n) is 6.20. The van der Waals surface area contributed by atoms with Crippen LogP contribution in [0.2, 0.25) is 0 Å². The molecule has 0 spiro atoms. The summed E-state index contributed by atoms with van der Waals surface area (Å²) in [6.45, 7) is 4.99. The van der Waals surface area contributed by atoms with Crippen LogP contribution in [0.1, 0.15) is 61.3 Å². The number of hydrogen-bond donors (Lipinski definition) is 0. The molecule has 1 unspecified atom stereocenters. The lowest BCUT2D eigenvalue weighted by atomic mass is 9.79. The van der Waals surface area contributed by atoms with E-state index in [9.17, 15) is 0 Å². The topological polar surface area (TPSA) is 9.23 Å². The number of rotatable bonds is 7. The van der Waals surface area contributed by atoms with Gasteiger partial charge < -0.3 is 4.74 Å². The Hall–Kier alpha value is -2.54. The van der Waals surface area contributed by atoms with Crippen LogP contribution < -0.4 is 4.74 Å². The Morgan fingerprint density at radius 2 is 1.59 bits per heavy atom. The minimum absolute atomic E-state index is 0.652. The van der Waals surface area contributed by atoms with Crippen LogP contribution in [0.25, 0.3) is 11.1 Å². The molecular formula is C28H32O. The minimum atomic E-state index is 0.652. The average Bonchev–Trinajstić information content (AvgIpc) is 2.78. The highest BCUT2D eigenvalue weighted by Gasteiger charge is 2.20. The van der Waals surface area contributed by atoms with Crippen molar-refractivity contribution in [2.45, 2.75) is 58.3 Å². The van der Waals surface area contributed by atoms with Gasteiger partial charge in [0.1, 0.15) is 5.75 Å². The molecule has 0 amide bonds. The van der Waals surface area contributed by atoms with Crippen molar-refractivity contribution in [1.29, 1.82) is 0 Å². The molecule has 29 heavy (non-hydrogen) atoms. The largest absolute Gasteiger partial charge is 0.494 e. The van der Waals surface area contributed by atoms with E-state index in [-0.39, 0.29) is 0 Å². The first-order valence-corrected chi connectivity index (χ1v) is 11.2. The van der Waals surface area contributed by atoms with Gasteiger partial charge >= 0.3 is 0 Å². The summed E-state index contributed by atoms with van der Waals surface area (Å²) in [5.41, 5.74) is 8.60. The Morgan fingerprint density at radius 3 is 2.31 bits per heavy atom. The van der Waals surface area contributed by atoms with Crippen LogP contribution in [-0.2, 0) is 19.3 Å². The summed E-state index contributed by atoms with van der Waals surface area (Å²) in [6.07, 6.45) is 7.33. The maximum Gasteiger partial charge on any atom is 0.119 e. The Morgan fingerprint density at radius 1 is 0.828 bits per heavy atom. The Bertz CT molecular complexity index is 922. The highest BCUT2D eigenvalue weighted by molar-refractivity contribution is 5.66. The fraction of sp³-hybridized carbons (Fsp3) is 0.357. The summed E-state index contributed by atoms with van der Waals surface area (Å²) >= 11 is 0. The summed E-state index contributed by atoms with van der Waals surface area (Å²) in [4.78, 5) is 0. The quantitative estimate of drug-likeness (QED) is 0.413. The van der Waals surface area contributed by atoms with E-state index in [1.807, 2.05) is 6.92 Å². The van der Waals surface area contributed by atoms with Crippen molar-refractivity contribution in [1.82, 2.24) is 0 Å². The van der Waals surface area contributed by atoms with Gasteiger partial charge in [0.25, 0.3) is 0 Å². The standard InChI is InChI=1S/C28H32O/c1-3-5-6-21-7-9-22(10-8-21)24-11-13-27-20-25(12-14-26(27)19-24)23-15-17-28(18-16-23)29-4-2/h7-10,12,14-18,20,24H,3-6,11,13,19H2,1-2H3. The van der Waals surface area contributed by atoms with E-state index in [0.717, 1.165) is 12.2 Å². The number of aryl methyl sites for hydroxylation is 2. The van der Waals surface area contributed by atoms with Gasteiger partial charge in [0.2, 0.25) is 0 Å². The minimum Gasteiger partial charge on any atom is -0.494 e. The van der Waals surface area contributed by atoms with Crippen molar-refractivity contribution in [3.63, 3.8) is 0 Å². The van der Waals surface area contributed by atoms with E-state index in [1.54, 1.807) is 0 Å². The van der Waals surface area contributed by atoms with Gasteiger partial charge in [-0.25, -0.2) is 0 Å². The summed E-state index contributed by atoms with van der Waals surface area (Å²) < 4.78 is 5.57. The summed E-state index contributed by atoms with van der Waals surface area (Å²) in [5, 5.41) is 0. The molecule has 1 nitrogen and oxygen atoms in total. The molecule has 150 valence electrons. The second kappa shape index (κ2) is 9.31. The van der Waals surface area contributed by atoms with Crippen LogP contribution >= 0.6 is 0 Å². The maximum absolute atomic E-state index is 5.57. The van der Waals surface area contributed by atoms with Crippen molar-refractivity contribution < 1.29 is 4.74 Å². The molecule has 4 rings (SSSR count). The zero-order valence-corrected chi connectivity index (χ0v) is 17.8. The highest BCUT2D eigenvalue weighted by atomic mass is 16.5. The lowest BCUT2D eigenvalue weighted by Gasteiger charge is -2.26. The van der Waals surface area contributed by atoms with E-state index >= 15 is 0 Å². The summed E-state index contributed by atoms with van der Waals surface area (Å²) in [7, 11) is 0. The van der Waals surface area contributed by atoms with Gasteiger partial charge in [-0.1, -0.05) is 67.9 Å². The number of benzene rings is 3. The van der Waals surface area contributed by atoms with Crippen LogP contribution in [0, 0.1) is 0 Å². The van der Waals surface area contributed by atoms with Crippen molar-refractivity contribution in [3.8, 4) is 16.9 Å². The SMILES string of the molecule is CCCCc1ccc(C2CCc3cc(-c4ccc(OCC)cc4)ccc3C2)cc1. The van der Waals surface area contributed by atoms with Gasteiger partial charge in [-0.2, -0.15) is 0 Å². The van der Waals surface area contributed by atoms with Gasteiger partial charge in [-0.05, 0) is 90.5 Å². The van der Waals surface area contributed by atoms with E-state index in [2.05, 4.69) is 73.7 Å². The van der Waals surface area contributed by atoms with Gasteiger partial charge in [-0.3, -0.25) is 0 Å². The molecule has 3 aromatic rings. The molecule has 1 aliphatic rings. The molecule has 0 aromatic heterocycles. The number of hydrogen-bond acceptors (Lipinski definition) is 1. The second-order valence-corrected chi connectivity index (χ2v) is 8.23. The molecule has 0 radical (unpaired) electrons. The van der Waals surface area contributed by atoms with Gasteiger partial charge in [0.05, 0.1) is 6.61 Å². The van der Waals surface area contributed by atoms with Crippen molar-refractivity contribution >= 4 is 0 Å². The molecular weight excluding hydrogens is 352 g/mol.